The third kappa shape index (κ3) is 3.78. The van der Waals surface area contributed by atoms with Gasteiger partial charge in [0.05, 0.1) is 9.90 Å². The molecule has 0 spiro atoms. The summed E-state index contributed by atoms with van der Waals surface area (Å²) in [4.78, 5) is 11.3. The first-order chi connectivity index (χ1) is 9.70. The van der Waals surface area contributed by atoms with E-state index in [1.165, 1.54) is 25.1 Å². The Morgan fingerprint density at radius 1 is 1.29 bits per heavy atom. The van der Waals surface area contributed by atoms with Crippen LogP contribution in [-0.2, 0) is 10.1 Å². The van der Waals surface area contributed by atoms with Crippen LogP contribution in [0.1, 0.15) is 17.3 Å². The van der Waals surface area contributed by atoms with Crippen LogP contribution in [0.15, 0.2) is 33.6 Å². The highest BCUT2D eigenvalue weighted by Gasteiger charge is 2.25. The minimum Gasteiger partial charge on any atom is -0.378 e. The maximum atomic E-state index is 12.2. The third-order valence-electron chi connectivity index (χ3n) is 2.42. The van der Waals surface area contributed by atoms with Crippen molar-refractivity contribution >= 4 is 66.4 Å². The molecule has 0 unspecified atom stereocenters. The van der Waals surface area contributed by atoms with Gasteiger partial charge in [-0.05, 0) is 31.2 Å². The van der Waals surface area contributed by atoms with Gasteiger partial charge in [-0.1, -0.05) is 39.1 Å². The van der Waals surface area contributed by atoms with Crippen LogP contribution in [0, 0.1) is 0 Å². The van der Waals surface area contributed by atoms with Crippen LogP contribution >= 0.6 is 50.5 Å². The van der Waals surface area contributed by atoms with E-state index in [0.717, 1.165) is 11.3 Å². The first-order valence-electron chi connectivity index (χ1n) is 5.40. The summed E-state index contributed by atoms with van der Waals surface area (Å²) in [5.74, 6) is -0.389. The standard InChI is InChI=1S/C12H7BrCl2O4S2/c1-6(16)8-4-7(13)2-3-9(8)19-21(17,18)10-5-11(14)20-12(10)15/h2-5H,1H3. The van der Waals surface area contributed by atoms with Gasteiger partial charge in [-0.15, -0.1) is 11.3 Å². The Balaban J connectivity index is 2.47. The van der Waals surface area contributed by atoms with Crippen LogP contribution in [-0.4, -0.2) is 14.2 Å². The lowest BCUT2D eigenvalue weighted by atomic mass is 10.1. The van der Waals surface area contributed by atoms with Crippen LogP contribution < -0.4 is 4.18 Å². The smallest absolute Gasteiger partial charge is 0.341 e. The van der Waals surface area contributed by atoms with Gasteiger partial charge in [-0.2, -0.15) is 8.42 Å². The van der Waals surface area contributed by atoms with E-state index in [9.17, 15) is 13.2 Å². The van der Waals surface area contributed by atoms with Crippen molar-refractivity contribution in [2.45, 2.75) is 11.8 Å². The Labute approximate surface area is 143 Å². The second-order valence-electron chi connectivity index (χ2n) is 3.92. The molecule has 0 bridgehead atoms. The van der Waals surface area contributed by atoms with Gasteiger partial charge in [-0.25, -0.2) is 0 Å². The minimum absolute atomic E-state index is 0.00138. The third-order valence-corrected chi connectivity index (χ3v) is 5.90. The molecule has 0 saturated carbocycles. The van der Waals surface area contributed by atoms with Crippen LogP contribution in [0.3, 0.4) is 0 Å². The van der Waals surface area contributed by atoms with E-state index in [1.54, 1.807) is 6.07 Å². The number of halogens is 3. The van der Waals surface area contributed by atoms with Crippen molar-refractivity contribution in [1.82, 2.24) is 0 Å². The number of rotatable bonds is 4. The molecule has 0 fully saturated rings. The minimum atomic E-state index is -4.17. The van der Waals surface area contributed by atoms with Gasteiger partial charge in [0.15, 0.2) is 11.5 Å². The van der Waals surface area contributed by atoms with E-state index in [2.05, 4.69) is 15.9 Å². The lowest BCUT2D eigenvalue weighted by Gasteiger charge is -2.09. The molecule has 0 atom stereocenters. The number of Topliss-reactive ketones (excluding diaryl/α,β-unsaturated/α-hetero) is 1. The van der Waals surface area contributed by atoms with Gasteiger partial charge in [0, 0.05) is 4.47 Å². The quantitative estimate of drug-likeness (QED) is 0.517. The molecule has 9 heteroatoms. The molecule has 0 N–H and O–H groups in total. The number of ketones is 1. The number of benzene rings is 1. The average Bonchev–Trinajstić information content (AvgIpc) is 2.71. The summed E-state index contributed by atoms with van der Waals surface area (Å²) in [6.07, 6.45) is 0. The summed E-state index contributed by atoms with van der Waals surface area (Å²) in [5, 5.41) is 0. The van der Waals surface area contributed by atoms with E-state index >= 15 is 0 Å². The highest BCUT2D eigenvalue weighted by atomic mass is 79.9. The molecule has 0 radical (unpaired) electrons. The SMILES string of the molecule is CC(=O)c1cc(Br)ccc1OS(=O)(=O)c1cc(Cl)sc1Cl. The van der Waals surface area contributed by atoms with Gasteiger partial charge in [0.1, 0.15) is 9.23 Å². The predicted octanol–water partition coefficient (Wildman–Crippen LogP) is 4.79. The number of hydrogen-bond donors (Lipinski definition) is 0. The van der Waals surface area contributed by atoms with Gasteiger partial charge in [0.25, 0.3) is 0 Å². The second kappa shape index (κ2) is 6.26. The van der Waals surface area contributed by atoms with Crippen molar-refractivity contribution in [2.24, 2.45) is 0 Å². The van der Waals surface area contributed by atoms with Crippen LogP contribution in [0.2, 0.25) is 8.67 Å². The molecule has 0 amide bonds. The molecular formula is C12H7BrCl2O4S2. The Kier molecular flexibility index (Phi) is 4.99. The monoisotopic (exact) mass is 428 g/mol. The van der Waals surface area contributed by atoms with E-state index in [0.29, 0.717) is 4.47 Å². The van der Waals surface area contributed by atoms with Crippen LogP contribution in [0.4, 0.5) is 0 Å². The first-order valence-corrected chi connectivity index (χ1v) is 9.18. The zero-order valence-electron chi connectivity index (χ0n) is 10.4. The normalized spacial score (nSPS) is 11.4. The summed E-state index contributed by atoms with van der Waals surface area (Å²) in [5.41, 5.74) is 0.144. The Hall–Kier alpha value is -0.600. The zero-order valence-corrected chi connectivity index (χ0v) is 15.1. The second-order valence-corrected chi connectivity index (χ2v) is 8.64. The molecule has 21 heavy (non-hydrogen) atoms. The molecule has 1 heterocycles. The maximum absolute atomic E-state index is 12.2. The lowest BCUT2D eigenvalue weighted by Crippen LogP contribution is -2.11. The fraction of sp³-hybridized carbons (Fsp3) is 0.0833. The van der Waals surface area contributed by atoms with E-state index < -0.39 is 10.1 Å². The van der Waals surface area contributed by atoms with Crippen molar-refractivity contribution in [3.05, 3.63) is 43.0 Å². The lowest BCUT2D eigenvalue weighted by molar-refractivity contribution is 0.101. The van der Waals surface area contributed by atoms with Crippen molar-refractivity contribution in [3.63, 3.8) is 0 Å². The van der Waals surface area contributed by atoms with E-state index in [4.69, 9.17) is 27.4 Å². The van der Waals surface area contributed by atoms with Crippen molar-refractivity contribution in [3.8, 4) is 5.75 Å². The molecule has 112 valence electrons. The van der Waals surface area contributed by atoms with Gasteiger partial charge < -0.3 is 4.18 Å². The molecule has 2 aromatic rings. The number of carbonyl (C=O) groups is 1. The molecule has 4 nitrogen and oxygen atoms in total. The number of thiophene rings is 1. The molecule has 0 aliphatic carbocycles. The molecule has 0 aliphatic heterocycles. The van der Waals surface area contributed by atoms with Gasteiger partial charge in [0.2, 0.25) is 0 Å². The van der Waals surface area contributed by atoms with E-state index in [1.807, 2.05) is 0 Å². The fourth-order valence-electron chi connectivity index (χ4n) is 1.51. The Morgan fingerprint density at radius 3 is 2.48 bits per heavy atom. The molecule has 1 aromatic heterocycles. The summed E-state index contributed by atoms with van der Waals surface area (Å²) >= 11 is 15.7. The van der Waals surface area contributed by atoms with Crippen molar-refractivity contribution in [1.29, 1.82) is 0 Å². The summed E-state index contributed by atoms with van der Waals surface area (Å²) in [6.45, 7) is 1.32. The van der Waals surface area contributed by atoms with Crippen molar-refractivity contribution < 1.29 is 17.4 Å². The predicted molar refractivity (Wildman–Crippen MR) is 86.3 cm³/mol. The number of carbonyl (C=O) groups excluding carboxylic acids is 1. The molecular weight excluding hydrogens is 423 g/mol. The molecule has 0 aliphatic rings. The number of hydrogen-bond acceptors (Lipinski definition) is 5. The van der Waals surface area contributed by atoms with Gasteiger partial charge in [-0.3, -0.25) is 4.79 Å². The fourth-order valence-corrected chi connectivity index (χ4v) is 4.92. The zero-order chi connectivity index (χ0) is 15.8. The molecule has 0 saturated heterocycles. The Morgan fingerprint density at radius 2 is 1.95 bits per heavy atom. The summed E-state index contributed by atoms with van der Waals surface area (Å²) in [7, 11) is -4.17. The van der Waals surface area contributed by atoms with Crippen LogP contribution in [0.25, 0.3) is 0 Å². The van der Waals surface area contributed by atoms with Gasteiger partial charge >= 0.3 is 10.1 Å². The molecule has 2 rings (SSSR count). The highest BCUT2D eigenvalue weighted by molar-refractivity contribution is 9.10. The highest BCUT2D eigenvalue weighted by Crippen LogP contribution is 2.36. The topological polar surface area (TPSA) is 60.4 Å². The maximum Gasteiger partial charge on any atom is 0.341 e. The largest absolute Gasteiger partial charge is 0.378 e. The average molecular weight is 430 g/mol. The molecule has 1 aromatic carbocycles. The summed E-state index contributed by atoms with van der Waals surface area (Å²) in [6, 6.07) is 5.64. The van der Waals surface area contributed by atoms with Crippen LogP contribution in [0.5, 0.6) is 5.75 Å². The Bertz CT molecular complexity index is 815. The summed E-state index contributed by atoms with van der Waals surface area (Å²) < 4.78 is 30.3. The first kappa shape index (κ1) is 16.8. The van der Waals surface area contributed by atoms with Crippen molar-refractivity contribution in [2.75, 3.05) is 0 Å². The van der Waals surface area contributed by atoms with E-state index in [-0.39, 0.29) is 30.7 Å².